The molecule has 1 heterocycles. The van der Waals surface area contributed by atoms with E-state index in [-0.39, 0.29) is 11.6 Å². The smallest absolute Gasteiger partial charge is 0.334 e. The van der Waals surface area contributed by atoms with E-state index in [1.165, 1.54) is 18.2 Å². The number of nitrogens with zero attached hydrogens (tertiary/aromatic N) is 3. The monoisotopic (exact) mass is 432 g/mol. The molecule has 3 N–H and O–H groups in total. The first kappa shape index (κ1) is 20.3. The lowest BCUT2D eigenvalue weighted by Crippen LogP contribution is -2.30. The van der Waals surface area contributed by atoms with Crippen LogP contribution in [0, 0.1) is 17.0 Å². The van der Waals surface area contributed by atoms with Crippen molar-refractivity contribution in [1.29, 1.82) is 0 Å². The molecule has 148 valence electrons. The van der Waals surface area contributed by atoms with E-state index >= 15 is 0 Å². The molecule has 1 aromatic heterocycles. The van der Waals surface area contributed by atoms with Crippen LogP contribution in [0.5, 0.6) is 0 Å². The second-order valence-corrected chi connectivity index (χ2v) is 6.73. The highest BCUT2D eigenvalue weighted by Crippen LogP contribution is 2.32. The number of nitro groups is 1. The summed E-state index contributed by atoms with van der Waals surface area (Å²) < 4.78 is 0. The highest BCUT2D eigenvalue weighted by molar-refractivity contribution is 6.35. The number of anilines is 3. The van der Waals surface area contributed by atoms with Gasteiger partial charge in [0.15, 0.2) is 0 Å². The average Bonchev–Trinajstić information content (AvgIpc) is 2.65. The molecule has 0 fully saturated rings. The summed E-state index contributed by atoms with van der Waals surface area (Å²) in [5.41, 5.74) is 6.00. The Kier molecular flexibility index (Phi) is 6.10. The summed E-state index contributed by atoms with van der Waals surface area (Å²) in [6, 6.07) is 11.5. The second-order valence-electron chi connectivity index (χ2n) is 5.85. The summed E-state index contributed by atoms with van der Waals surface area (Å²) in [4.78, 5) is 31.1. The van der Waals surface area contributed by atoms with Crippen molar-refractivity contribution >= 4 is 52.1 Å². The third kappa shape index (κ3) is 4.89. The average molecular weight is 433 g/mol. The van der Waals surface area contributed by atoms with Crippen LogP contribution in [-0.4, -0.2) is 20.8 Å². The molecule has 3 rings (SSSR count). The number of rotatable bonds is 6. The number of amides is 1. The van der Waals surface area contributed by atoms with Gasteiger partial charge in [0, 0.05) is 21.3 Å². The van der Waals surface area contributed by atoms with Crippen molar-refractivity contribution in [3.8, 4) is 0 Å². The lowest BCUT2D eigenvalue weighted by atomic mass is 10.1. The quantitative estimate of drug-likeness (QED) is 0.386. The molecule has 0 bridgehead atoms. The zero-order valence-electron chi connectivity index (χ0n) is 14.9. The predicted octanol–water partition coefficient (Wildman–Crippen LogP) is 4.50. The lowest BCUT2D eigenvalue weighted by Gasteiger charge is -2.12. The largest absolute Gasteiger partial charge is 0.355 e. The number of hydrazine groups is 1. The molecular weight excluding hydrogens is 419 g/mol. The fraction of sp³-hybridized carbons (Fsp3) is 0.0556. The molecule has 0 aliphatic rings. The third-order valence-electron chi connectivity index (χ3n) is 3.81. The van der Waals surface area contributed by atoms with E-state index in [9.17, 15) is 14.9 Å². The summed E-state index contributed by atoms with van der Waals surface area (Å²) in [6.07, 6.45) is 1.11. The molecule has 1 amide bonds. The molecule has 9 nitrogen and oxygen atoms in total. The van der Waals surface area contributed by atoms with Gasteiger partial charge in [-0.25, -0.2) is 9.97 Å². The minimum atomic E-state index is -0.670. The van der Waals surface area contributed by atoms with E-state index in [1.807, 2.05) is 0 Å². The maximum absolute atomic E-state index is 12.3. The highest BCUT2D eigenvalue weighted by Gasteiger charge is 2.24. The number of aryl methyl sites for hydroxylation is 1. The van der Waals surface area contributed by atoms with E-state index in [4.69, 9.17) is 23.2 Å². The van der Waals surface area contributed by atoms with Gasteiger partial charge in [-0.3, -0.25) is 25.8 Å². The van der Waals surface area contributed by atoms with Crippen molar-refractivity contribution in [2.75, 3.05) is 10.7 Å². The Balaban J connectivity index is 1.86. The Bertz CT molecular complexity index is 1070. The Morgan fingerprint density at radius 3 is 2.38 bits per heavy atom. The van der Waals surface area contributed by atoms with E-state index in [0.717, 1.165) is 11.9 Å². The number of hydrogen-bond acceptors (Lipinski definition) is 7. The fourth-order valence-corrected chi connectivity index (χ4v) is 3.03. The van der Waals surface area contributed by atoms with Crippen LogP contribution < -0.4 is 16.2 Å². The van der Waals surface area contributed by atoms with Gasteiger partial charge >= 0.3 is 5.69 Å². The fourth-order valence-electron chi connectivity index (χ4n) is 2.51. The molecule has 0 spiro atoms. The number of hydrogen-bond donors (Lipinski definition) is 3. The molecule has 3 aromatic rings. The molecule has 0 aliphatic heterocycles. The maximum Gasteiger partial charge on any atom is 0.355 e. The Morgan fingerprint density at radius 1 is 1.07 bits per heavy atom. The number of nitrogens with one attached hydrogen (secondary N) is 3. The summed E-state index contributed by atoms with van der Waals surface area (Å²) in [5, 5.41) is 15.1. The molecule has 2 aromatic carbocycles. The number of carbonyl (C=O) groups is 1. The molecule has 29 heavy (non-hydrogen) atoms. The Hall–Kier alpha value is -3.43. The summed E-state index contributed by atoms with van der Waals surface area (Å²) in [7, 11) is 0. The van der Waals surface area contributed by atoms with E-state index in [0.29, 0.717) is 21.3 Å². The van der Waals surface area contributed by atoms with Crippen molar-refractivity contribution in [1.82, 2.24) is 15.4 Å². The van der Waals surface area contributed by atoms with E-state index in [2.05, 4.69) is 26.1 Å². The highest BCUT2D eigenvalue weighted by atomic mass is 35.5. The summed E-state index contributed by atoms with van der Waals surface area (Å²) in [5.74, 6) is -0.759. The third-order valence-corrected chi connectivity index (χ3v) is 4.25. The summed E-state index contributed by atoms with van der Waals surface area (Å²) >= 11 is 11.9. The van der Waals surface area contributed by atoms with Crippen LogP contribution in [0.25, 0.3) is 0 Å². The van der Waals surface area contributed by atoms with Gasteiger partial charge in [0.25, 0.3) is 5.91 Å². The van der Waals surface area contributed by atoms with Gasteiger partial charge in [0.1, 0.15) is 6.33 Å². The van der Waals surface area contributed by atoms with Crippen molar-refractivity contribution < 1.29 is 9.72 Å². The zero-order valence-corrected chi connectivity index (χ0v) is 16.5. The molecule has 0 saturated heterocycles. The van der Waals surface area contributed by atoms with Crippen molar-refractivity contribution in [3.05, 3.63) is 80.1 Å². The van der Waals surface area contributed by atoms with Gasteiger partial charge in [-0.15, -0.1) is 0 Å². The topological polar surface area (TPSA) is 122 Å². The Morgan fingerprint density at radius 2 is 1.72 bits per heavy atom. The van der Waals surface area contributed by atoms with Crippen molar-refractivity contribution in [3.63, 3.8) is 0 Å². The van der Waals surface area contributed by atoms with Crippen LogP contribution in [0.4, 0.5) is 23.0 Å². The first-order valence-corrected chi connectivity index (χ1v) is 8.95. The van der Waals surface area contributed by atoms with E-state index in [1.54, 1.807) is 31.2 Å². The van der Waals surface area contributed by atoms with Gasteiger partial charge < -0.3 is 5.32 Å². The van der Waals surface area contributed by atoms with Crippen LogP contribution in [-0.2, 0) is 0 Å². The van der Waals surface area contributed by atoms with Gasteiger partial charge in [0.05, 0.1) is 4.92 Å². The minimum absolute atomic E-state index is 0.101. The predicted molar refractivity (Wildman–Crippen MR) is 111 cm³/mol. The second kappa shape index (κ2) is 8.72. The molecule has 0 unspecified atom stereocenters. The first-order chi connectivity index (χ1) is 13.8. The zero-order chi connectivity index (χ0) is 21.0. The van der Waals surface area contributed by atoms with Crippen molar-refractivity contribution in [2.45, 2.75) is 6.92 Å². The van der Waals surface area contributed by atoms with Crippen LogP contribution in [0.15, 0.2) is 48.8 Å². The number of aromatic nitrogens is 2. The van der Waals surface area contributed by atoms with Gasteiger partial charge in [-0.05, 0) is 36.8 Å². The van der Waals surface area contributed by atoms with Crippen LogP contribution >= 0.6 is 23.2 Å². The minimum Gasteiger partial charge on any atom is -0.334 e. The van der Waals surface area contributed by atoms with Crippen LogP contribution in [0.3, 0.4) is 0 Å². The van der Waals surface area contributed by atoms with Crippen molar-refractivity contribution in [2.24, 2.45) is 0 Å². The van der Waals surface area contributed by atoms with Crippen LogP contribution in [0.1, 0.15) is 15.9 Å². The van der Waals surface area contributed by atoms with E-state index < -0.39 is 16.5 Å². The summed E-state index contributed by atoms with van der Waals surface area (Å²) in [6.45, 7) is 1.78. The molecule has 0 radical (unpaired) electrons. The Labute approximate surface area is 175 Å². The van der Waals surface area contributed by atoms with Crippen LogP contribution in [0.2, 0.25) is 10.0 Å². The number of carbonyl (C=O) groups excluding carboxylic acids is 1. The SMILES string of the molecule is Cc1ccccc1C(=O)NNc1ncnc(Nc2cc(Cl)cc(Cl)c2)c1[N+](=O)[O-]. The maximum atomic E-state index is 12.3. The molecule has 0 atom stereocenters. The molecular formula is C18H14Cl2N6O3. The van der Waals surface area contributed by atoms with Gasteiger partial charge in [0.2, 0.25) is 11.6 Å². The molecule has 0 saturated carbocycles. The van der Waals surface area contributed by atoms with Gasteiger partial charge in [-0.1, -0.05) is 41.4 Å². The number of benzene rings is 2. The molecule has 11 heteroatoms. The number of halogens is 2. The lowest BCUT2D eigenvalue weighted by molar-refractivity contribution is -0.383. The normalized spacial score (nSPS) is 10.3. The first-order valence-electron chi connectivity index (χ1n) is 8.19. The molecule has 0 aliphatic carbocycles. The standard InChI is InChI=1S/C18H14Cl2N6O3/c1-10-4-2-3-5-14(10)18(27)25-24-17-15(26(28)29)16(21-9-22-17)23-13-7-11(19)6-12(20)8-13/h2-9H,1H3,(H,25,27)(H2,21,22,23,24). The van der Waals surface area contributed by atoms with Gasteiger partial charge in [-0.2, -0.15) is 0 Å².